The van der Waals surface area contributed by atoms with Gasteiger partial charge in [0.15, 0.2) is 0 Å². The van der Waals surface area contributed by atoms with Crippen molar-refractivity contribution in [1.29, 1.82) is 0 Å². The van der Waals surface area contributed by atoms with Gasteiger partial charge in [0.05, 0.1) is 12.3 Å². The maximum atomic E-state index is 11.4. The van der Waals surface area contributed by atoms with E-state index in [0.29, 0.717) is 13.0 Å². The maximum absolute atomic E-state index is 11.4. The first-order valence-corrected chi connectivity index (χ1v) is 5.56. The molecular weight excluding hydrogens is 218 g/mol. The van der Waals surface area contributed by atoms with Crippen LogP contribution in [0.4, 0.5) is 4.79 Å². The molecule has 0 aliphatic rings. The minimum atomic E-state index is -0.567. The Bertz CT molecular complexity index is 374. The number of carbonyl (C=O) groups is 1. The molecule has 4 nitrogen and oxygen atoms in total. The van der Waals surface area contributed by atoms with E-state index in [0.717, 1.165) is 11.3 Å². The van der Waals surface area contributed by atoms with Gasteiger partial charge in [-0.25, -0.2) is 4.79 Å². The van der Waals surface area contributed by atoms with Gasteiger partial charge < -0.3 is 9.47 Å². The minimum Gasteiger partial charge on any atom is -0.445 e. The molecule has 1 rings (SSSR count). The van der Waals surface area contributed by atoms with Gasteiger partial charge in [-0.05, 0) is 12.0 Å². The molecule has 92 valence electrons. The Kier molecular flexibility index (Phi) is 5.96. The van der Waals surface area contributed by atoms with Crippen molar-refractivity contribution in [1.82, 2.24) is 0 Å². The zero-order chi connectivity index (χ0) is 12.5. The summed E-state index contributed by atoms with van der Waals surface area (Å²) in [6.07, 6.45) is 0.117. The molecule has 0 atom stereocenters. The van der Waals surface area contributed by atoms with Crippen LogP contribution >= 0.6 is 0 Å². The van der Waals surface area contributed by atoms with Crippen LogP contribution in [0.5, 0.6) is 0 Å². The van der Waals surface area contributed by atoms with Crippen LogP contribution in [-0.2, 0) is 9.47 Å². The van der Waals surface area contributed by atoms with Gasteiger partial charge in [0, 0.05) is 7.11 Å². The third-order valence-electron chi connectivity index (χ3n) is 2.18. The summed E-state index contributed by atoms with van der Waals surface area (Å²) >= 11 is 0. The first-order chi connectivity index (χ1) is 8.27. The topological polar surface area (TPSA) is 47.9 Å². The van der Waals surface area contributed by atoms with Gasteiger partial charge in [0.2, 0.25) is 0 Å². The van der Waals surface area contributed by atoms with E-state index in [2.05, 4.69) is 4.99 Å². The maximum Gasteiger partial charge on any atom is 0.433 e. The number of carbonyl (C=O) groups excluding carboxylic acids is 1. The van der Waals surface area contributed by atoms with Crippen LogP contribution in [0.15, 0.2) is 35.3 Å². The quantitative estimate of drug-likeness (QED) is 0.582. The van der Waals surface area contributed by atoms with Crippen molar-refractivity contribution in [2.75, 3.05) is 20.3 Å². The lowest BCUT2D eigenvalue weighted by molar-refractivity contribution is 0.105. The van der Waals surface area contributed by atoms with E-state index in [-0.39, 0.29) is 6.61 Å². The second-order valence-electron chi connectivity index (χ2n) is 3.39. The summed E-state index contributed by atoms with van der Waals surface area (Å²) in [7, 11) is 1.55. The first-order valence-electron chi connectivity index (χ1n) is 5.56. The van der Waals surface area contributed by atoms with Crippen LogP contribution in [0, 0.1) is 0 Å². The number of nitrogens with zero attached hydrogens (tertiary/aromatic N) is 1. The molecule has 0 saturated heterocycles. The second-order valence-corrected chi connectivity index (χ2v) is 3.39. The lowest BCUT2D eigenvalue weighted by Crippen LogP contribution is -2.09. The molecule has 1 aromatic rings. The first kappa shape index (κ1) is 13.4. The average molecular weight is 235 g/mol. The van der Waals surface area contributed by atoms with E-state index in [9.17, 15) is 4.79 Å². The monoisotopic (exact) mass is 235 g/mol. The van der Waals surface area contributed by atoms with Gasteiger partial charge in [-0.1, -0.05) is 37.3 Å². The molecule has 0 aromatic heterocycles. The number of aliphatic imine (C=N–C) groups is 1. The molecule has 0 aliphatic carbocycles. The normalized spacial score (nSPS) is 11.3. The number of methoxy groups -OCH3 is 1. The van der Waals surface area contributed by atoms with Gasteiger partial charge in [0.25, 0.3) is 0 Å². The zero-order valence-corrected chi connectivity index (χ0v) is 10.2. The van der Waals surface area contributed by atoms with E-state index in [1.165, 1.54) is 0 Å². The molecule has 4 heteroatoms. The summed E-state index contributed by atoms with van der Waals surface area (Å²) in [5.41, 5.74) is 1.67. The van der Waals surface area contributed by atoms with Crippen molar-refractivity contribution in [3.63, 3.8) is 0 Å². The third kappa shape index (κ3) is 4.78. The van der Waals surface area contributed by atoms with Gasteiger partial charge in [-0.3, -0.25) is 0 Å². The average Bonchev–Trinajstić information content (AvgIpc) is 2.37. The Hall–Kier alpha value is -1.68. The van der Waals surface area contributed by atoms with E-state index >= 15 is 0 Å². The van der Waals surface area contributed by atoms with Crippen molar-refractivity contribution in [3.8, 4) is 0 Å². The molecular formula is C13H17NO3. The van der Waals surface area contributed by atoms with E-state index < -0.39 is 6.09 Å². The Labute approximate surface area is 101 Å². The molecule has 0 bridgehead atoms. The fraction of sp³-hybridized carbons (Fsp3) is 0.385. The lowest BCUT2D eigenvalue weighted by atomic mass is 10.1. The van der Waals surface area contributed by atoms with Crippen molar-refractivity contribution >= 4 is 11.8 Å². The zero-order valence-electron chi connectivity index (χ0n) is 10.2. The van der Waals surface area contributed by atoms with E-state index in [1.807, 2.05) is 37.3 Å². The van der Waals surface area contributed by atoms with Crippen molar-refractivity contribution in [3.05, 3.63) is 35.9 Å². The van der Waals surface area contributed by atoms with Gasteiger partial charge in [-0.2, -0.15) is 4.99 Å². The molecule has 1 aromatic carbocycles. The van der Waals surface area contributed by atoms with Crippen LogP contribution in [0.25, 0.3) is 0 Å². The lowest BCUT2D eigenvalue weighted by Gasteiger charge is -2.04. The number of benzene rings is 1. The molecule has 17 heavy (non-hydrogen) atoms. The highest BCUT2D eigenvalue weighted by molar-refractivity contribution is 6.05. The van der Waals surface area contributed by atoms with Crippen molar-refractivity contribution in [2.45, 2.75) is 13.3 Å². The molecule has 0 spiro atoms. The molecule has 0 fully saturated rings. The predicted octanol–water partition coefficient (Wildman–Crippen LogP) is 2.67. The predicted molar refractivity (Wildman–Crippen MR) is 66.5 cm³/mol. The second kappa shape index (κ2) is 7.57. The highest BCUT2D eigenvalue weighted by Crippen LogP contribution is 2.05. The van der Waals surface area contributed by atoms with Gasteiger partial charge in [-0.15, -0.1) is 0 Å². The molecule has 0 heterocycles. The summed E-state index contributed by atoms with van der Waals surface area (Å²) in [6, 6.07) is 9.59. The van der Waals surface area contributed by atoms with Crippen LogP contribution in [0.2, 0.25) is 0 Å². The van der Waals surface area contributed by atoms with Gasteiger partial charge >= 0.3 is 6.09 Å². The Morgan fingerprint density at radius 2 is 1.94 bits per heavy atom. The molecule has 0 unspecified atom stereocenters. The summed E-state index contributed by atoms with van der Waals surface area (Å²) in [5.74, 6) is 0. The van der Waals surface area contributed by atoms with Crippen LogP contribution in [0.3, 0.4) is 0 Å². The number of ether oxygens (including phenoxy) is 2. The summed E-state index contributed by atoms with van der Waals surface area (Å²) < 4.78 is 9.67. The number of hydrogen-bond acceptors (Lipinski definition) is 3. The number of hydrogen-bond donors (Lipinski definition) is 0. The van der Waals surface area contributed by atoms with Gasteiger partial charge in [0.1, 0.15) is 6.61 Å². The van der Waals surface area contributed by atoms with Crippen molar-refractivity contribution < 1.29 is 14.3 Å². The highest BCUT2D eigenvalue weighted by atomic mass is 16.6. The minimum absolute atomic E-state index is 0.227. The Morgan fingerprint density at radius 3 is 2.53 bits per heavy atom. The smallest absolute Gasteiger partial charge is 0.433 e. The largest absolute Gasteiger partial charge is 0.445 e. The fourth-order valence-corrected chi connectivity index (χ4v) is 1.33. The number of rotatable bonds is 5. The van der Waals surface area contributed by atoms with Crippen LogP contribution in [0.1, 0.15) is 18.9 Å². The summed E-state index contributed by atoms with van der Waals surface area (Å²) in [4.78, 5) is 15.3. The molecule has 0 saturated carbocycles. The highest BCUT2D eigenvalue weighted by Gasteiger charge is 2.05. The number of amides is 1. The van der Waals surface area contributed by atoms with Crippen LogP contribution in [-0.4, -0.2) is 32.1 Å². The summed E-state index contributed by atoms with van der Waals surface area (Å²) in [5, 5.41) is 0. The molecule has 0 aliphatic heterocycles. The Balaban J connectivity index is 2.64. The molecule has 1 amide bonds. The van der Waals surface area contributed by atoms with E-state index in [4.69, 9.17) is 9.47 Å². The summed E-state index contributed by atoms with van der Waals surface area (Å²) in [6.45, 7) is 2.56. The Morgan fingerprint density at radius 1 is 1.24 bits per heavy atom. The fourth-order valence-electron chi connectivity index (χ4n) is 1.33. The standard InChI is InChI=1S/C13H17NO3/c1-3-12(11-7-5-4-6-8-11)14-13(15)17-10-9-16-2/h4-8H,3,9-10H2,1-2H3/b14-12-. The van der Waals surface area contributed by atoms with Crippen LogP contribution < -0.4 is 0 Å². The third-order valence-corrected chi connectivity index (χ3v) is 2.18. The SMILES string of the molecule is CC/C(=N/C(=O)OCCOC)c1ccccc1. The molecule has 0 N–H and O–H groups in total. The van der Waals surface area contributed by atoms with E-state index in [1.54, 1.807) is 7.11 Å². The molecule has 0 radical (unpaired) electrons. The van der Waals surface area contributed by atoms with Crippen molar-refractivity contribution in [2.24, 2.45) is 4.99 Å².